The van der Waals surface area contributed by atoms with Crippen LogP contribution >= 0.6 is 11.6 Å². The molecule has 0 saturated carbocycles. The van der Waals surface area contributed by atoms with Gasteiger partial charge in [-0.2, -0.15) is 0 Å². The van der Waals surface area contributed by atoms with Crippen LogP contribution in [0, 0.1) is 6.92 Å². The van der Waals surface area contributed by atoms with Gasteiger partial charge in [-0.15, -0.1) is 0 Å². The number of hydrogen-bond acceptors (Lipinski definition) is 4. The van der Waals surface area contributed by atoms with Crippen molar-refractivity contribution in [1.29, 1.82) is 0 Å². The maximum Gasteiger partial charge on any atom is 0.345 e. The zero-order chi connectivity index (χ0) is 10.0. The molecule has 0 fully saturated rings. The Morgan fingerprint density at radius 2 is 2.23 bits per heavy atom. The van der Waals surface area contributed by atoms with Gasteiger partial charge in [-0.25, -0.2) is 4.79 Å². The van der Waals surface area contributed by atoms with Crippen LogP contribution in [0.4, 0.5) is 0 Å². The van der Waals surface area contributed by atoms with Crippen molar-refractivity contribution in [2.45, 2.75) is 6.92 Å². The minimum Gasteiger partial charge on any atom is -0.467 e. The summed E-state index contributed by atoms with van der Waals surface area (Å²) in [5.74, 6) is -0.477. The molecule has 1 rings (SSSR count). The summed E-state index contributed by atoms with van der Waals surface area (Å²) in [5.41, 5.74) is -0.768. The number of ether oxygens (including phenoxy) is 1. The predicted molar refractivity (Wildman–Crippen MR) is 46.1 cm³/mol. The Labute approximate surface area is 79.1 Å². The molecule has 1 heterocycles. The van der Waals surface area contributed by atoms with Gasteiger partial charge in [0, 0.05) is 0 Å². The number of carbonyl (C=O) groups excluding carboxylic acids is 1. The molecule has 1 aromatic rings. The first-order valence-electron chi connectivity index (χ1n) is 3.44. The Morgan fingerprint density at radius 3 is 2.77 bits per heavy atom. The van der Waals surface area contributed by atoms with E-state index >= 15 is 0 Å². The Bertz CT molecular complexity index is 394. The average Bonchev–Trinajstić information content (AvgIpc) is 2.13. The molecular formula is C8H7ClO4. The van der Waals surface area contributed by atoms with E-state index < -0.39 is 11.4 Å². The highest BCUT2D eigenvalue weighted by molar-refractivity contribution is 6.31. The number of methoxy groups -OCH3 is 1. The molecule has 4 nitrogen and oxygen atoms in total. The molecule has 0 aromatic carbocycles. The van der Waals surface area contributed by atoms with Crippen molar-refractivity contribution in [3.05, 3.63) is 32.8 Å². The maximum absolute atomic E-state index is 11.3. The molecule has 0 saturated heterocycles. The first-order chi connectivity index (χ1) is 6.07. The molecule has 0 amide bonds. The molecule has 0 aliphatic carbocycles. The smallest absolute Gasteiger partial charge is 0.345 e. The van der Waals surface area contributed by atoms with E-state index in [1.807, 2.05) is 0 Å². The monoisotopic (exact) mass is 202 g/mol. The summed E-state index contributed by atoms with van der Waals surface area (Å²) in [6.45, 7) is 1.53. The third kappa shape index (κ3) is 1.72. The van der Waals surface area contributed by atoms with Gasteiger partial charge in [0.05, 0.1) is 7.11 Å². The summed E-state index contributed by atoms with van der Waals surface area (Å²) in [4.78, 5) is 22.3. The van der Waals surface area contributed by atoms with Crippen LogP contribution in [0.25, 0.3) is 0 Å². The van der Waals surface area contributed by atoms with Gasteiger partial charge in [0.25, 0.3) is 0 Å². The van der Waals surface area contributed by atoms with Crippen molar-refractivity contribution in [2.75, 3.05) is 7.11 Å². The van der Waals surface area contributed by atoms with Crippen molar-refractivity contribution in [3.63, 3.8) is 0 Å². The zero-order valence-corrected chi connectivity index (χ0v) is 7.84. The summed E-state index contributed by atoms with van der Waals surface area (Å²) in [6, 6.07) is 0. The van der Waals surface area contributed by atoms with E-state index in [2.05, 4.69) is 4.74 Å². The summed E-state index contributed by atoms with van der Waals surface area (Å²) in [6.07, 6.45) is 1.04. The van der Waals surface area contributed by atoms with Crippen LogP contribution in [0.1, 0.15) is 16.1 Å². The number of hydrogen-bond donors (Lipinski definition) is 0. The quantitative estimate of drug-likeness (QED) is 0.646. The third-order valence-electron chi connectivity index (χ3n) is 1.51. The van der Waals surface area contributed by atoms with E-state index in [1.54, 1.807) is 0 Å². The standard InChI is InChI=1S/C8H7ClO4/c1-4-6(9)7(10)5(3-13-4)8(11)12-2/h3H,1-2H3. The van der Waals surface area contributed by atoms with Crippen molar-refractivity contribution in [1.82, 2.24) is 0 Å². The molecule has 5 heteroatoms. The van der Waals surface area contributed by atoms with Crippen LogP contribution in [-0.4, -0.2) is 13.1 Å². The Kier molecular flexibility index (Phi) is 2.72. The number of aryl methyl sites for hydroxylation is 1. The number of esters is 1. The van der Waals surface area contributed by atoms with Crippen LogP contribution in [-0.2, 0) is 4.74 Å². The van der Waals surface area contributed by atoms with E-state index in [1.165, 1.54) is 14.0 Å². The molecular weight excluding hydrogens is 196 g/mol. The molecule has 70 valence electrons. The fourth-order valence-electron chi connectivity index (χ4n) is 0.781. The van der Waals surface area contributed by atoms with E-state index in [0.717, 1.165) is 6.26 Å². The van der Waals surface area contributed by atoms with E-state index in [0.29, 0.717) is 0 Å². The lowest BCUT2D eigenvalue weighted by Crippen LogP contribution is -2.16. The molecule has 0 atom stereocenters. The van der Waals surface area contributed by atoms with Crippen LogP contribution in [0.5, 0.6) is 0 Å². The summed E-state index contributed by atoms with van der Waals surface area (Å²) < 4.78 is 9.21. The van der Waals surface area contributed by atoms with Gasteiger partial charge in [-0.1, -0.05) is 11.6 Å². The average molecular weight is 203 g/mol. The lowest BCUT2D eigenvalue weighted by Gasteiger charge is -1.99. The minimum atomic E-state index is -0.754. The lowest BCUT2D eigenvalue weighted by atomic mass is 10.3. The fourth-order valence-corrected chi connectivity index (χ4v) is 0.928. The molecule has 13 heavy (non-hydrogen) atoms. The first-order valence-corrected chi connectivity index (χ1v) is 3.82. The second-order valence-corrected chi connectivity index (χ2v) is 2.72. The molecule has 0 aliphatic rings. The Morgan fingerprint density at radius 1 is 1.62 bits per heavy atom. The normalized spacial score (nSPS) is 9.77. The van der Waals surface area contributed by atoms with E-state index in [4.69, 9.17) is 16.0 Å². The molecule has 0 N–H and O–H groups in total. The summed E-state index contributed by atoms with van der Waals surface area (Å²) >= 11 is 5.57. The number of halogens is 1. The lowest BCUT2D eigenvalue weighted by molar-refractivity contribution is 0.0596. The predicted octanol–water partition coefficient (Wildman–Crippen LogP) is 1.39. The molecule has 0 radical (unpaired) electrons. The zero-order valence-electron chi connectivity index (χ0n) is 7.09. The summed E-state index contributed by atoms with van der Waals surface area (Å²) in [7, 11) is 1.18. The van der Waals surface area contributed by atoms with Gasteiger partial charge in [0.1, 0.15) is 22.6 Å². The Balaban J connectivity index is 3.35. The van der Waals surface area contributed by atoms with Crippen LogP contribution in [0.2, 0.25) is 5.02 Å². The highest BCUT2D eigenvalue weighted by Crippen LogP contribution is 2.10. The molecule has 0 unspecified atom stereocenters. The van der Waals surface area contributed by atoms with Crippen LogP contribution in [0.3, 0.4) is 0 Å². The highest BCUT2D eigenvalue weighted by atomic mass is 35.5. The topological polar surface area (TPSA) is 56.5 Å². The molecule has 0 spiro atoms. The van der Waals surface area contributed by atoms with Gasteiger partial charge < -0.3 is 9.15 Å². The van der Waals surface area contributed by atoms with Gasteiger partial charge in [-0.05, 0) is 6.92 Å². The van der Waals surface area contributed by atoms with Crippen molar-refractivity contribution in [3.8, 4) is 0 Å². The van der Waals surface area contributed by atoms with Gasteiger partial charge in [0.2, 0.25) is 5.43 Å². The molecule has 1 aromatic heterocycles. The van der Waals surface area contributed by atoms with Crippen LogP contribution < -0.4 is 5.43 Å². The second-order valence-electron chi connectivity index (χ2n) is 2.34. The van der Waals surface area contributed by atoms with Gasteiger partial charge in [-0.3, -0.25) is 4.79 Å². The minimum absolute atomic E-state index is 0.0945. The first kappa shape index (κ1) is 9.80. The Hall–Kier alpha value is -1.29. The van der Waals surface area contributed by atoms with Gasteiger partial charge in [0.15, 0.2) is 0 Å². The van der Waals surface area contributed by atoms with Crippen LogP contribution in [0.15, 0.2) is 15.5 Å². The number of rotatable bonds is 1. The van der Waals surface area contributed by atoms with Crippen molar-refractivity contribution >= 4 is 17.6 Å². The third-order valence-corrected chi connectivity index (χ3v) is 1.95. The fraction of sp³-hybridized carbons (Fsp3) is 0.250. The second kappa shape index (κ2) is 3.62. The molecule has 0 aliphatic heterocycles. The highest BCUT2D eigenvalue weighted by Gasteiger charge is 2.15. The SMILES string of the molecule is COC(=O)c1coc(C)c(Cl)c1=O. The maximum atomic E-state index is 11.3. The van der Waals surface area contributed by atoms with Gasteiger partial charge >= 0.3 is 5.97 Å². The molecule has 0 bridgehead atoms. The van der Waals surface area contributed by atoms with Crippen molar-refractivity contribution < 1.29 is 13.9 Å². The number of carbonyl (C=O) groups is 1. The van der Waals surface area contributed by atoms with E-state index in [9.17, 15) is 9.59 Å². The largest absolute Gasteiger partial charge is 0.467 e. The van der Waals surface area contributed by atoms with Crippen molar-refractivity contribution in [2.24, 2.45) is 0 Å². The van der Waals surface area contributed by atoms with E-state index in [-0.39, 0.29) is 16.3 Å². The summed E-state index contributed by atoms with van der Waals surface area (Å²) in [5, 5.41) is -0.0945.